The molecule has 0 saturated heterocycles. The molecule has 1 aliphatic carbocycles. The number of hydrogen-bond donors (Lipinski definition) is 1. The second-order valence-electron chi connectivity index (χ2n) is 8.62. The van der Waals surface area contributed by atoms with Crippen molar-refractivity contribution in [2.24, 2.45) is 5.92 Å². The summed E-state index contributed by atoms with van der Waals surface area (Å²) in [6.07, 6.45) is 8.23. The first kappa shape index (κ1) is 21.2. The minimum absolute atomic E-state index is 0.0829. The molecule has 168 valence electrons. The van der Waals surface area contributed by atoms with Crippen LogP contribution in [0.15, 0.2) is 77.3 Å². The molecule has 0 radical (unpaired) electrons. The third-order valence-corrected chi connectivity index (χ3v) is 6.43. The van der Waals surface area contributed by atoms with Crippen LogP contribution >= 0.6 is 0 Å². The summed E-state index contributed by atoms with van der Waals surface area (Å²) < 4.78 is 11.3. The largest absolute Gasteiger partial charge is 0.487 e. The summed E-state index contributed by atoms with van der Waals surface area (Å²) in [5, 5.41) is 7.76. The number of benzene rings is 2. The van der Waals surface area contributed by atoms with E-state index in [1.54, 1.807) is 6.20 Å². The summed E-state index contributed by atoms with van der Waals surface area (Å²) in [5.41, 5.74) is 10.0. The lowest BCUT2D eigenvalue weighted by molar-refractivity contribution is 0.300. The molecule has 0 bridgehead atoms. The number of nitrogens with two attached hydrogens (primary N) is 1. The highest BCUT2D eigenvalue weighted by atomic mass is 16.5. The molecule has 2 aromatic heterocycles. The van der Waals surface area contributed by atoms with Gasteiger partial charge in [0, 0.05) is 17.7 Å². The Morgan fingerprint density at radius 2 is 1.61 bits per heavy atom. The van der Waals surface area contributed by atoms with Gasteiger partial charge in [-0.1, -0.05) is 54.7 Å². The Morgan fingerprint density at radius 3 is 2.24 bits per heavy atom. The summed E-state index contributed by atoms with van der Waals surface area (Å²) in [6.45, 7) is 0.466. The fourth-order valence-corrected chi connectivity index (χ4v) is 4.80. The molecule has 6 heteroatoms. The third kappa shape index (κ3) is 5.06. The van der Waals surface area contributed by atoms with Gasteiger partial charge in [-0.25, -0.2) is 0 Å². The molecular weight excluding hydrogens is 412 g/mol. The number of anilines is 1. The summed E-state index contributed by atoms with van der Waals surface area (Å²) in [6, 6.07) is 23.0. The van der Waals surface area contributed by atoms with E-state index in [1.165, 1.54) is 43.2 Å². The lowest BCUT2D eigenvalue weighted by atomic mass is 9.73. The van der Waals surface area contributed by atoms with Crippen LogP contribution in [0.25, 0.3) is 11.5 Å². The Bertz CT molecular complexity index is 1150. The number of nitrogen functional groups attached to an aromatic ring is 1. The van der Waals surface area contributed by atoms with Crippen LogP contribution in [0.1, 0.15) is 54.8 Å². The second-order valence-corrected chi connectivity index (χ2v) is 8.62. The zero-order chi connectivity index (χ0) is 22.5. The van der Waals surface area contributed by atoms with Crippen molar-refractivity contribution in [2.75, 3.05) is 5.73 Å². The molecule has 2 N–H and O–H groups in total. The normalized spacial score (nSPS) is 15.3. The monoisotopic (exact) mass is 440 g/mol. The molecule has 6 nitrogen and oxygen atoms in total. The van der Waals surface area contributed by atoms with Crippen molar-refractivity contribution in [3.63, 3.8) is 0 Å². The van der Waals surface area contributed by atoms with E-state index in [0.29, 0.717) is 24.3 Å². The van der Waals surface area contributed by atoms with Gasteiger partial charge in [0.1, 0.15) is 12.4 Å². The highest BCUT2D eigenvalue weighted by molar-refractivity contribution is 5.54. The van der Waals surface area contributed by atoms with Gasteiger partial charge in [-0.3, -0.25) is 4.98 Å². The lowest BCUT2D eigenvalue weighted by Gasteiger charge is -2.31. The van der Waals surface area contributed by atoms with Crippen molar-refractivity contribution in [3.8, 4) is 17.2 Å². The van der Waals surface area contributed by atoms with Crippen LogP contribution in [0.5, 0.6) is 5.75 Å². The highest BCUT2D eigenvalue weighted by Crippen LogP contribution is 2.41. The fourth-order valence-electron chi connectivity index (χ4n) is 4.80. The zero-order valence-electron chi connectivity index (χ0n) is 18.6. The van der Waals surface area contributed by atoms with Crippen molar-refractivity contribution >= 4 is 6.01 Å². The smallest absolute Gasteiger partial charge is 0.313 e. The quantitative estimate of drug-likeness (QED) is 0.379. The summed E-state index contributed by atoms with van der Waals surface area (Å²) in [5.74, 6) is 2.28. The molecule has 33 heavy (non-hydrogen) atoms. The van der Waals surface area contributed by atoms with Gasteiger partial charge in [0.25, 0.3) is 0 Å². The first-order valence-corrected chi connectivity index (χ1v) is 11.6. The first-order chi connectivity index (χ1) is 16.3. The summed E-state index contributed by atoms with van der Waals surface area (Å²) >= 11 is 0. The second kappa shape index (κ2) is 9.86. The van der Waals surface area contributed by atoms with E-state index >= 15 is 0 Å². The number of pyridine rings is 1. The van der Waals surface area contributed by atoms with Gasteiger partial charge in [0.05, 0.1) is 5.69 Å². The van der Waals surface area contributed by atoms with Gasteiger partial charge >= 0.3 is 6.01 Å². The Labute approximate surface area is 193 Å². The minimum Gasteiger partial charge on any atom is -0.487 e. The van der Waals surface area contributed by atoms with Crippen LogP contribution in [0, 0.1) is 5.92 Å². The molecule has 2 aromatic carbocycles. The lowest BCUT2D eigenvalue weighted by Crippen LogP contribution is -2.17. The third-order valence-electron chi connectivity index (χ3n) is 6.43. The molecule has 1 atom stereocenters. The molecule has 1 aliphatic rings. The molecular formula is C27H28N4O2. The van der Waals surface area contributed by atoms with Gasteiger partial charge in [-0.05, 0) is 66.3 Å². The van der Waals surface area contributed by atoms with E-state index in [9.17, 15) is 0 Å². The molecule has 4 aromatic rings. The number of hydrogen-bond acceptors (Lipinski definition) is 6. The van der Waals surface area contributed by atoms with Crippen molar-refractivity contribution in [3.05, 3.63) is 89.7 Å². The highest BCUT2D eigenvalue weighted by Gasteiger charge is 2.27. The molecule has 0 aliphatic heterocycles. The van der Waals surface area contributed by atoms with Crippen LogP contribution in [-0.4, -0.2) is 15.2 Å². The van der Waals surface area contributed by atoms with E-state index in [4.69, 9.17) is 14.9 Å². The van der Waals surface area contributed by atoms with Crippen molar-refractivity contribution < 1.29 is 9.15 Å². The van der Waals surface area contributed by atoms with Gasteiger partial charge in [-0.2, -0.15) is 0 Å². The van der Waals surface area contributed by atoms with Gasteiger partial charge in [0.2, 0.25) is 5.89 Å². The molecule has 5 rings (SSSR count). The van der Waals surface area contributed by atoms with E-state index in [-0.39, 0.29) is 6.01 Å². The van der Waals surface area contributed by atoms with Crippen molar-refractivity contribution in [1.29, 1.82) is 0 Å². The molecule has 2 heterocycles. The SMILES string of the molecule is Nc1nnc(-c2ccc(C(c3ccc(OCc4ccccn4)cc3)C3CCCCC3)cc2)o1. The van der Waals surface area contributed by atoms with Crippen LogP contribution in [-0.2, 0) is 6.61 Å². The average molecular weight is 441 g/mol. The number of aromatic nitrogens is 3. The summed E-state index contributed by atoms with van der Waals surface area (Å²) in [4.78, 5) is 4.32. The molecule has 1 saturated carbocycles. The number of ether oxygens (including phenoxy) is 1. The van der Waals surface area contributed by atoms with Crippen LogP contribution < -0.4 is 10.5 Å². The Morgan fingerprint density at radius 1 is 0.879 bits per heavy atom. The van der Waals surface area contributed by atoms with Gasteiger partial charge < -0.3 is 14.9 Å². The maximum atomic E-state index is 5.95. The maximum Gasteiger partial charge on any atom is 0.313 e. The maximum absolute atomic E-state index is 5.95. The van der Waals surface area contributed by atoms with E-state index in [2.05, 4.69) is 51.6 Å². The Hall–Kier alpha value is -3.67. The number of rotatable bonds is 7. The average Bonchev–Trinajstić information content (AvgIpc) is 3.32. The zero-order valence-corrected chi connectivity index (χ0v) is 18.6. The summed E-state index contributed by atoms with van der Waals surface area (Å²) in [7, 11) is 0. The molecule has 0 amide bonds. The van der Waals surface area contributed by atoms with Gasteiger partial charge in [-0.15, -0.1) is 5.10 Å². The van der Waals surface area contributed by atoms with Crippen molar-refractivity contribution in [1.82, 2.24) is 15.2 Å². The molecule has 1 fully saturated rings. The van der Waals surface area contributed by atoms with Gasteiger partial charge in [0.15, 0.2) is 0 Å². The fraction of sp³-hybridized carbons (Fsp3) is 0.296. The van der Waals surface area contributed by atoms with Crippen LogP contribution in [0.4, 0.5) is 6.01 Å². The van der Waals surface area contributed by atoms with Crippen molar-refractivity contribution in [2.45, 2.75) is 44.6 Å². The molecule has 1 unspecified atom stereocenters. The predicted octanol–water partition coefficient (Wildman–Crippen LogP) is 6.01. The molecule has 0 spiro atoms. The Kier molecular flexibility index (Phi) is 6.33. The predicted molar refractivity (Wildman–Crippen MR) is 128 cm³/mol. The van der Waals surface area contributed by atoms with Crippen LogP contribution in [0.3, 0.4) is 0 Å². The number of nitrogens with zero attached hydrogens (tertiary/aromatic N) is 3. The Balaban J connectivity index is 1.37. The van der Waals surface area contributed by atoms with E-state index < -0.39 is 0 Å². The first-order valence-electron chi connectivity index (χ1n) is 11.6. The standard InChI is InChI=1S/C27H28N4O2/c28-27-31-30-26(33-27)22-11-9-20(10-12-22)25(19-6-2-1-3-7-19)21-13-15-24(16-14-21)32-18-23-8-4-5-17-29-23/h4-5,8-17,19,25H,1-3,6-7,18H2,(H2,28,31). The minimum atomic E-state index is 0.0829. The van der Waals surface area contributed by atoms with E-state index in [1.807, 2.05) is 30.3 Å². The van der Waals surface area contributed by atoms with E-state index in [0.717, 1.165) is 17.0 Å². The van der Waals surface area contributed by atoms with Crippen LogP contribution in [0.2, 0.25) is 0 Å². The topological polar surface area (TPSA) is 87.1 Å².